The number of amides is 2. The van der Waals surface area contributed by atoms with Crippen molar-refractivity contribution >= 4 is 46.8 Å². The summed E-state index contributed by atoms with van der Waals surface area (Å²) in [5, 5.41) is -0.339. The van der Waals surface area contributed by atoms with Gasteiger partial charge in [0.1, 0.15) is 5.60 Å². The minimum Gasteiger partial charge on any atom is -0.459 e. The molecule has 1 aliphatic heterocycles. The number of nitrogens with two attached hydrogens (primary N) is 1. The van der Waals surface area contributed by atoms with E-state index in [4.69, 9.17) is 26.8 Å². The number of benzene rings is 2. The van der Waals surface area contributed by atoms with Crippen LogP contribution in [0.2, 0.25) is 5.02 Å². The summed E-state index contributed by atoms with van der Waals surface area (Å²) in [7, 11) is 0. The van der Waals surface area contributed by atoms with Gasteiger partial charge in [-0.25, -0.2) is 0 Å². The summed E-state index contributed by atoms with van der Waals surface area (Å²) in [5.41, 5.74) is 7.33. The molecule has 0 unspecified atom stereocenters. The quantitative estimate of drug-likeness (QED) is 0.236. The lowest BCUT2D eigenvalue weighted by atomic mass is 10.1. The second-order valence-electron chi connectivity index (χ2n) is 12.0. The van der Waals surface area contributed by atoms with E-state index in [-0.39, 0.29) is 25.2 Å². The summed E-state index contributed by atoms with van der Waals surface area (Å²) in [6.07, 6.45) is 0.918. The van der Waals surface area contributed by atoms with Gasteiger partial charge in [-0.15, -0.1) is 11.8 Å². The number of hydrogen-bond acceptors (Lipinski definition) is 8. The van der Waals surface area contributed by atoms with E-state index < -0.39 is 22.7 Å². The number of nitrogens with zero attached hydrogens (tertiary/aromatic N) is 3. The van der Waals surface area contributed by atoms with Crippen LogP contribution in [0.3, 0.4) is 0 Å². The van der Waals surface area contributed by atoms with Gasteiger partial charge in [0.25, 0.3) is 11.8 Å². The van der Waals surface area contributed by atoms with Gasteiger partial charge in [-0.3, -0.25) is 19.3 Å². The van der Waals surface area contributed by atoms with Crippen LogP contribution in [0.4, 0.5) is 5.69 Å². The highest BCUT2D eigenvalue weighted by atomic mass is 35.5. The number of carbonyl (C=O) groups is 3. The van der Waals surface area contributed by atoms with Gasteiger partial charge in [0, 0.05) is 67.8 Å². The molecule has 1 fully saturated rings. The van der Waals surface area contributed by atoms with E-state index in [1.807, 2.05) is 30.9 Å². The summed E-state index contributed by atoms with van der Waals surface area (Å²) < 4.78 is 11.3. The number of ether oxygens (including phenoxy) is 2. The highest BCUT2D eigenvalue weighted by Gasteiger charge is 2.35. The number of esters is 1. The Kier molecular flexibility index (Phi) is 14.0. The van der Waals surface area contributed by atoms with Gasteiger partial charge in [0.05, 0.1) is 12.7 Å². The van der Waals surface area contributed by atoms with E-state index in [2.05, 4.69) is 17.0 Å². The third-order valence-electron chi connectivity index (χ3n) is 7.00. The van der Waals surface area contributed by atoms with Gasteiger partial charge in [0.2, 0.25) is 0 Å². The number of hydrogen-bond donors (Lipinski definition) is 1. The van der Waals surface area contributed by atoms with Crippen molar-refractivity contribution in [1.29, 1.82) is 0 Å². The largest absolute Gasteiger partial charge is 0.459 e. The molecule has 242 valence electrons. The lowest BCUT2D eigenvalue weighted by Gasteiger charge is -2.35. The maximum Gasteiger partial charge on any atom is 0.329 e. The van der Waals surface area contributed by atoms with Crippen molar-refractivity contribution in [2.75, 3.05) is 63.1 Å². The molecule has 11 heteroatoms. The van der Waals surface area contributed by atoms with Crippen molar-refractivity contribution in [1.82, 2.24) is 9.80 Å². The van der Waals surface area contributed by atoms with Crippen LogP contribution >= 0.6 is 23.4 Å². The van der Waals surface area contributed by atoms with E-state index in [1.165, 1.54) is 22.2 Å². The summed E-state index contributed by atoms with van der Waals surface area (Å²) in [6, 6.07) is 14.9. The van der Waals surface area contributed by atoms with Crippen LogP contribution in [0.5, 0.6) is 0 Å². The number of rotatable bonds is 14. The molecule has 44 heavy (non-hydrogen) atoms. The van der Waals surface area contributed by atoms with Crippen LogP contribution in [0, 0.1) is 0 Å². The number of anilines is 1. The molecule has 0 aliphatic carbocycles. The van der Waals surface area contributed by atoms with Gasteiger partial charge in [-0.05, 0) is 83.0 Å². The maximum absolute atomic E-state index is 13.8. The smallest absolute Gasteiger partial charge is 0.329 e. The second-order valence-corrected chi connectivity index (χ2v) is 13.7. The monoisotopic (exact) mass is 646 g/mol. The minimum absolute atomic E-state index is 0.0156. The topological polar surface area (TPSA) is 105 Å². The molecule has 1 heterocycles. The van der Waals surface area contributed by atoms with Crippen LogP contribution in [0.15, 0.2) is 48.5 Å². The highest BCUT2D eigenvalue weighted by molar-refractivity contribution is 8.01. The molecule has 0 radical (unpaired) electrons. The third-order valence-corrected chi connectivity index (χ3v) is 8.45. The first-order valence-corrected chi connectivity index (χ1v) is 16.6. The number of piperazine rings is 1. The first-order chi connectivity index (χ1) is 20.9. The minimum atomic E-state index is -1.07. The van der Waals surface area contributed by atoms with E-state index in [0.717, 1.165) is 31.1 Å². The van der Waals surface area contributed by atoms with Gasteiger partial charge in [-0.2, -0.15) is 0 Å². The molecule has 1 aliphatic rings. The van der Waals surface area contributed by atoms with E-state index in [1.54, 1.807) is 45.0 Å². The molecule has 0 saturated carbocycles. The second kappa shape index (κ2) is 17.2. The Labute approximate surface area is 271 Å². The van der Waals surface area contributed by atoms with Gasteiger partial charge < -0.3 is 25.0 Å². The lowest BCUT2D eigenvalue weighted by molar-refractivity contribution is -0.155. The summed E-state index contributed by atoms with van der Waals surface area (Å²) >= 11 is 7.16. The van der Waals surface area contributed by atoms with E-state index in [9.17, 15) is 14.4 Å². The molecule has 0 aromatic heterocycles. The Hall–Kier alpha value is -2.63. The molecular formula is C33H47ClN4O5S. The Morgan fingerprint density at radius 3 is 2.20 bits per heavy atom. The molecule has 1 saturated heterocycles. The fraction of sp³-hybridized carbons (Fsp3) is 0.545. The van der Waals surface area contributed by atoms with E-state index >= 15 is 0 Å². The Morgan fingerprint density at radius 2 is 1.64 bits per heavy atom. The molecule has 2 aromatic rings. The average Bonchev–Trinajstić information content (AvgIpc) is 2.98. The molecule has 0 spiro atoms. The Balaban J connectivity index is 1.67. The van der Waals surface area contributed by atoms with Crippen molar-refractivity contribution in [2.45, 2.75) is 58.0 Å². The highest BCUT2D eigenvalue weighted by Crippen LogP contribution is 2.24. The zero-order valence-corrected chi connectivity index (χ0v) is 28.2. The van der Waals surface area contributed by atoms with Crippen LogP contribution in [0.1, 0.15) is 50.5 Å². The summed E-state index contributed by atoms with van der Waals surface area (Å²) in [6.45, 7) is 13.8. The molecule has 2 aromatic carbocycles. The zero-order valence-electron chi connectivity index (χ0n) is 26.6. The van der Waals surface area contributed by atoms with Crippen LogP contribution in [-0.4, -0.2) is 103 Å². The average molecular weight is 647 g/mol. The van der Waals surface area contributed by atoms with Crippen molar-refractivity contribution in [2.24, 2.45) is 5.73 Å². The van der Waals surface area contributed by atoms with Crippen molar-refractivity contribution < 1.29 is 23.9 Å². The SMILES string of the molecule is CC(C)OCCN(C(=O)[C@@H](SCCN)C(=O)OC(C)(C)C)c1ccc(C(=O)N2CCN(CCc3ccc(Cl)cc3)CC2)cc1. The Bertz CT molecular complexity index is 1210. The van der Waals surface area contributed by atoms with Crippen LogP contribution in [-0.2, 0) is 25.5 Å². The number of halogens is 1. The Morgan fingerprint density at radius 1 is 1.00 bits per heavy atom. The standard InChI is InChI=1S/C33H47ClN4O5S/c1-24(2)42-22-21-38(31(40)29(44-23-15-35)32(41)43-33(3,4)5)28-12-8-26(9-13-28)30(39)37-19-17-36(18-20-37)16-14-25-6-10-27(34)11-7-25/h6-13,24,29H,14-23,35H2,1-5H3/t29-/m1/s1. The number of thioether (sulfide) groups is 1. The summed E-state index contributed by atoms with van der Waals surface area (Å²) in [5.74, 6) is -0.623. The molecule has 3 rings (SSSR count). The predicted octanol–water partition coefficient (Wildman–Crippen LogP) is 4.50. The summed E-state index contributed by atoms with van der Waals surface area (Å²) in [4.78, 5) is 46.0. The molecule has 1 atom stereocenters. The van der Waals surface area contributed by atoms with E-state index in [0.29, 0.717) is 36.6 Å². The molecule has 0 bridgehead atoms. The molecule has 9 nitrogen and oxygen atoms in total. The molecule has 2 N–H and O–H groups in total. The van der Waals surface area contributed by atoms with Gasteiger partial charge in [-0.1, -0.05) is 23.7 Å². The fourth-order valence-corrected chi connectivity index (χ4v) is 5.70. The first-order valence-electron chi connectivity index (χ1n) is 15.2. The van der Waals surface area contributed by atoms with Crippen LogP contribution in [0.25, 0.3) is 0 Å². The fourth-order valence-electron chi connectivity index (χ4n) is 4.75. The van der Waals surface area contributed by atoms with Crippen molar-refractivity contribution in [3.05, 3.63) is 64.7 Å². The normalized spacial score (nSPS) is 14.9. The van der Waals surface area contributed by atoms with Gasteiger partial charge in [0.15, 0.2) is 5.25 Å². The lowest BCUT2D eigenvalue weighted by Crippen LogP contribution is -2.49. The van der Waals surface area contributed by atoms with Crippen molar-refractivity contribution in [3.63, 3.8) is 0 Å². The predicted molar refractivity (Wildman–Crippen MR) is 179 cm³/mol. The molecular weight excluding hydrogens is 600 g/mol. The molecule has 2 amide bonds. The third kappa shape index (κ3) is 11.4. The van der Waals surface area contributed by atoms with Gasteiger partial charge >= 0.3 is 5.97 Å². The first kappa shape index (κ1) is 35.8. The van der Waals surface area contributed by atoms with Crippen LogP contribution < -0.4 is 10.6 Å². The van der Waals surface area contributed by atoms with Crippen molar-refractivity contribution in [3.8, 4) is 0 Å². The number of carbonyl (C=O) groups excluding carboxylic acids is 3. The zero-order chi connectivity index (χ0) is 32.3. The maximum atomic E-state index is 13.8.